The Balaban J connectivity index is 1.77. The number of esters is 1. The third-order valence-electron chi connectivity index (χ3n) is 7.16. The van der Waals surface area contributed by atoms with Gasteiger partial charge in [0.2, 0.25) is 17.7 Å². The van der Waals surface area contributed by atoms with Crippen LogP contribution >= 0.6 is 0 Å². The second kappa shape index (κ2) is 15.1. The van der Waals surface area contributed by atoms with E-state index >= 15 is 0 Å². The second-order valence-corrected chi connectivity index (χ2v) is 11.1. The molecule has 1 aliphatic carbocycles. The number of aromatic amines is 1. The number of amides is 3. The Morgan fingerprint density at radius 3 is 2.32 bits per heavy atom. The molecule has 1 aromatic carbocycles. The van der Waals surface area contributed by atoms with E-state index in [0.29, 0.717) is 12.6 Å². The molecule has 3 rings (SSSR count). The normalized spacial score (nSPS) is 15.6. The lowest BCUT2D eigenvalue weighted by atomic mass is 10.0. The highest BCUT2D eigenvalue weighted by atomic mass is 16.5. The van der Waals surface area contributed by atoms with Crippen LogP contribution in [-0.4, -0.2) is 64.9 Å². The van der Waals surface area contributed by atoms with Crippen molar-refractivity contribution < 1.29 is 28.7 Å². The van der Waals surface area contributed by atoms with Crippen molar-refractivity contribution in [3.8, 4) is 0 Å². The number of hydrogen-bond acceptors (Lipinski definition) is 7. The van der Waals surface area contributed by atoms with Gasteiger partial charge in [0.15, 0.2) is 5.78 Å². The number of ether oxygens (including phenoxy) is 1. The van der Waals surface area contributed by atoms with Crippen LogP contribution < -0.4 is 16.0 Å². The van der Waals surface area contributed by atoms with E-state index in [1.807, 2.05) is 38.1 Å². The van der Waals surface area contributed by atoms with Gasteiger partial charge in [-0.1, -0.05) is 32.0 Å². The van der Waals surface area contributed by atoms with Gasteiger partial charge in [-0.2, -0.15) is 0 Å². The Hall–Kier alpha value is -4.02. The summed E-state index contributed by atoms with van der Waals surface area (Å²) < 4.78 is 5.65. The van der Waals surface area contributed by atoms with Crippen molar-refractivity contribution in [1.29, 1.82) is 5.41 Å². The van der Waals surface area contributed by atoms with Crippen LogP contribution in [0.15, 0.2) is 30.5 Å². The first-order valence-electron chi connectivity index (χ1n) is 14.2. The van der Waals surface area contributed by atoms with Crippen LogP contribution in [0.1, 0.15) is 71.3 Å². The number of H-pyrrole nitrogens is 1. The predicted molar refractivity (Wildman–Crippen MR) is 154 cm³/mol. The fraction of sp³-hybridized carbons (Fsp3) is 0.533. The van der Waals surface area contributed by atoms with Gasteiger partial charge in [-0.15, -0.1) is 0 Å². The lowest BCUT2D eigenvalue weighted by molar-refractivity contribution is -0.153. The standard InChI is InChI=1S/C30H41N5O6/c1-18(2)14-27(30(40)41-22-8-4-5-9-22)35-28(38)25(13-12-21(37)16-31)34-29(39)26(33-19(3)36)15-20-17-32-24-11-7-6-10-23(20)24/h6-7,10-11,16-18,22,25-27,31-32H,4-5,8-9,12-15H2,1-3H3,(H,33,36)(H,34,39)(H,35,38)/t25-,26-,27-/m0/s1. The molecule has 0 spiro atoms. The number of para-hydroxylation sites is 1. The number of hydrogen-bond donors (Lipinski definition) is 5. The fourth-order valence-electron chi connectivity index (χ4n) is 5.09. The predicted octanol–water partition coefficient (Wildman–Crippen LogP) is 2.72. The average Bonchev–Trinajstić information content (AvgIpc) is 3.59. The monoisotopic (exact) mass is 567 g/mol. The Morgan fingerprint density at radius 2 is 1.66 bits per heavy atom. The van der Waals surface area contributed by atoms with E-state index < -0.39 is 47.6 Å². The maximum Gasteiger partial charge on any atom is 0.328 e. The van der Waals surface area contributed by atoms with E-state index in [0.717, 1.165) is 42.1 Å². The van der Waals surface area contributed by atoms with Gasteiger partial charge in [-0.3, -0.25) is 19.2 Å². The zero-order chi connectivity index (χ0) is 29.9. The number of rotatable bonds is 15. The van der Waals surface area contributed by atoms with Gasteiger partial charge >= 0.3 is 5.97 Å². The number of carbonyl (C=O) groups excluding carboxylic acids is 5. The van der Waals surface area contributed by atoms with Crippen molar-refractivity contribution >= 4 is 46.6 Å². The fourth-order valence-corrected chi connectivity index (χ4v) is 5.09. The van der Waals surface area contributed by atoms with Crippen LogP contribution in [0.25, 0.3) is 10.9 Å². The maximum atomic E-state index is 13.5. The first-order valence-corrected chi connectivity index (χ1v) is 14.2. The van der Waals surface area contributed by atoms with E-state index in [1.165, 1.54) is 6.92 Å². The van der Waals surface area contributed by atoms with Gasteiger partial charge in [0, 0.05) is 36.9 Å². The van der Waals surface area contributed by atoms with Crippen LogP contribution in [0, 0.1) is 11.3 Å². The molecular formula is C30H41N5O6. The van der Waals surface area contributed by atoms with E-state index in [1.54, 1.807) is 6.20 Å². The number of Topliss-reactive ketones (excluding diaryl/α,β-unsaturated/α-hetero) is 1. The van der Waals surface area contributed by atoms with Crippen LogP contribution in [-0.2, 0) is 35.1 Å². The summed E-state index contributed by atoms with van der Waals surface area (Å²) in [4.78, 5) is 66.9. The molecule has 5 N–H and O–H groups in total. The first-order chi connectivity index (χ1) is 19.6. The quantitative estimate of drug-likeness (QED) is 0.164. The molecular weight excluding hydrogens is 526 g/mol. The molecule has 0 unspecified atom stereocenters. The minimum absolute atomic E-state index is 0.0734. The van der Waals surface area contributed by atoms with Gasteiger partial charge in [-0.05, 0) is 56.1 Å². The number of carbonyl (C=O) groups is 5. The number of aromatic nitrogens is 1. The highest BCUT2D eigenvalue weighted by molar-refractivity contribution is 6.26. The largest absolute Gasteiger partial charge is 0.461 e. The molecule has 1 saturated carbocycles. The minimum Gasteiger partial charge on any atom is -0.461 e. The molecule has 1 aromatic heterocycles. The Labute approximate surface area is 240 Å². The zero-order valence-corrected chi connectivity index (χ0v) is 24.0. The summed E-state index contributed by atoms with van der Waals surface area (Å²) in [5, 5.41) is 16.2. The summed E-state index contributed by atoms with van der Waals surface area (Å²) in [6, 6.07) is 4.47. The third kappa shape index (κ3) is 9.54. The van der Waals surface area contributed by atoms with E-state index in [9.17, 15) is 24.0 Å². The maximum absolute atomic E-state index is 13.5. The Bertz CT molecular complexity index is 1250. The summed E-state index contributed by atoms with van der Waals surface area (Å²) >= 11 is 0. The van der Waals surface area contributed by atoms with Crippen LogP contribution in [0.5, 0.6) is 0 Å². The molecule has 2 aromatic rings. The van der Waals surface area contributed by atoms with Gasteiger partial charge in [-0.25, -0.2) is 4.79 Å². The third-order valence-corrected chi connectivity index (χ3v) is 7.16. The van der Waals surface area contributed by atoms with E-state index in [2.05, 4.69) is 20.9 Å². The molecule has 0 radical (unpaired) electrons. The Kier molecular flexibility index (Phi) is 11.6. The average molecular weight is 568 g/mol. The number of nitrogens with one attached hydrogen (secondary N) is 5. The highest BCUT2D eigenvalue weighted by Gasteiger charge is 2.32. The van der Waals surface area contributed by atoms with Crippen LogP contribution in [0.3, 0.4) is 0 Å². The first kappa shape index (κ1) is 31.5. The van der Waals surface area contributed by atoms with E-state index in [-0.39, 0.29) is 31.3 Å². The SMILES string of the molecule is CC(=O)N[C@@H](Cc1c[nH]c2ccccc12)C(=O)N[C@@H](CCC(=O)C=N)C(=O)N[C@@H](CC(C)C)C(=O)OC1CCCC1. The molecule has 0 aliphatic heterocycles. The smallest absolute Gasteiger partial charge is 0.328 e. The zero-order valence-electron chi connectivity index (χ0n) is 24.0. The molecule has 222 valence electrons. The van der Waals surface area contributed by atoms with Crippen molar-refractivity contribution in [3.05, 3.63) is 36.0 Å². The van der Waals surface area contributed by atoms with Crippen LogP contribution in [0.4, 0.5) is 0 Å². The molecule has 3 atom stereocenters. The summed E-state index contributed by atoms with van der Waals surface area (Å²) in [6.45, 7) is 5.15. The molecule has 1 aliphatic rings. The summed E-state index contributed by atoms with van der Waals surface area (Å²) in [6.07, 6.45) is 6.08. The molecule has 3 amide bonds. The van der Waals surface area contributed by atoms with Gasteiger partial charge in [0.05, 0.1) is 6.21 Å². The summed E-state index contributed by atoms with van der Waals surface area (Å²) in [5.74, 6) is -2.62. The molecule has 1 fully saturated rings. The lowest BCUT2D eigenvalue weighted by Gasteiger charge is -2.26. The molecule has 41 heavy (non-hydrogen) atoms. The van der Waals surface area contributed by atoms with Gasteiger partial charge < -0.3 is 31.1 Å². The number of benzene rings is 1. The van der Waals surface area contributed by atoms with Crippen molar-refractivity contribution in [2.24, 2.45) is 5.92 Å². The van der Waals surface area contributed by atoms with Gasteiger partial charge in [0.1, 0.15) is 24.2 Å². The van der Waals surface area contributed by atoms with Crippen LogP contribution in [0.2, 0.25) is 0 Å². The molecule has 0 bridgehead atoms. The highest BCUT2D eigenvalue weighted by Crippen LogP contribution is 2.22. The minimum atomic E-state index is -1.18. The summed E-state index contributed by atoms with van der Waals surface area (Å²) in [5.41, 5.74) is 1.69. The topological polar surface area (TPSA) is 170 Å². The van der Waals surface area contributed by atoms with Crippen molar-refractivity contribution in [1.82, 2.24) is 20.9 Å². The summed E-state index contributed by atoms with van der Waals surface area (Å²) in [7, 11) is 0. The van der Waals surface area contributed by atoms with Crippen molar-refractivity contribution in [3.63, 3.8) is 0 Å². The molecule has 11 nitrogen and oxygen atoms in total. The van der Waals surface area contributed by atoms with Crippen molar-refractivity contribution in [2.75, 3.05) is 0 Å². The van der Waals surface area contributed by atoms with Gasteiger partial charge in [0.25, 0.3) is 0 Å². The van der Waals surface area contributed by atoms with E-state index in [4.69, 9.17) is 10.1 Å². The number of fused-ring (bicyclic) bond motifs is 1. The lowest BCUT2D eigenvalue weighted by Crippen LogP contribution is -2.56. The molecule has 11 heteroatoms. The number of ketones is 1. The Morgan fingerprint density at radius 1 is 1.00 bits per heavy atom. The van der Waals surface area contributed by atoms with Crippen molar-refractivity contribution in [2.45, 2.75) is 96.4 Å². The molecule has 1 heterocycles. The molecule has 0 saturated heterocycles. The second-order valence-electron chi connectivity index (χ2n) is 11.1.